The number of imidazole rings is 1. The van der Waals surface area contributed by atoms with Gasteiger partial charge in [-0.1, -0.05) is 51.4 Å². The minimum atomic E-state index is -4.50. The number of hydrogen-bond donors (Lipinski definition) is 1. The summed E-state index contributed by atoms with van der Waals surface area (Å²) in [6.07, 6.45) is -2.32. The summed E-state index contributed by atoms with van der Waals surface area (Å²) in [6.45, 7) is 9.60. The van der Waals surface area contributed by atoms with Gasteiger partial charge in [-0.3, -0.25) is 4.79 Å². The summed E-state index contributed by atoms with van der Waals surface area (Å²) in [5.74, 6) is 1.03. The SMILES string of the molecule is CC1CCN(c2cc3c(cc2Cl)nc(Cc2cc(CNC(=O)C(C)(C)C)ccc2C(F)(F)F)n3C)CC1. The molecule has 1 aliphatic rings. The van der Waals surface area contributed by atoms with Crippen LogP contribution in [0.4, 0.5) is 18.9 Å². The van der Waals surface area contributed by atoms with E-state index in [2.05, 4.69) is 22.1 Å². The molecule has 200 valence electrons. The van der Waals surface area contributed by atoms with Crippen molar-refractivity contribution in [1.29, 1.82) is 0 Å². The van der Waals surface area contributed by atoms with Crippen molar-refractivity contribution < 1.29 is 18.0 Å². The number of alkyl halides is 3. The number of fused-ring (bicyclic) bond motifs is 1. The van der Waals surface area contributed by atoms with Crippen molar-refractivity contribution in [3.05, 3.63) is 57.9 Å². The Morgan fingerprint density at radius 3 is 2.43 bits per heavy atom. The van der Waals surface area contributed by atoms with Gasteiger partial charge >= 0.3 is 6.18 Å². The van der Waals surface area contributed by atoms with E-state index in [1.54, 1.807) is 26.8 Å². The molecule has 0 bridgehead atoms. The van der Waals surface area contributed by atoms with Crippen molar-refractivity contribution in [2.45, 2.75) is 59.7 Å². The molecule has 1 aliphatic heterocycles. The van der Waals surface area contributed by atoms with Gasteiger partial charge in [-0.05, 0) is 48.1 Å². The highest BCUT2D eigenvalue weighted by molar-refractivity contribution is 6.34. The molecule has 37 heavy (non-hydrogen) atoms. The lowest BCUT2D eigenvalue weighted by Gasteiger charge is -2.32. The summed E-state index contributed by atoms with van der Waals surface area (Å²) in [6, 6.07) is 7.81. The number of carbonyl (C=O) groups is 1. The maximum atomic E-state index is 13.9. The van der Waals surface area contributed by atoms with Gasteiger partial charge in [-0.15, -0.1) is 0 Å². The second kappa shape index (κ2) is 10.2. The molecule has 0 saturated carbocycles. The first kappa shape index (κ1) is 27.3. The number of nitrogens with one attached hydrogen (secondary N) is 1. The Balaban J connectivity index is 1.66. The van der Waals surface area contributed by atoms with E-state index in [1.165, 1.54) is 12.1 Å². The number of rotatable bonds is 5. The number of aryl methyl sites for hydroxylation is 1. The first-order valence-electron chi connectivity index (χ1n) is 12.6. The largest absolute Gasteiger partial charge is 0.416 e. The summed E-state index contributed by atoms with van der Waals surface area (Å²) in [5.41, 5.74) is 1.84. The van der Waals surface area contributed by atoms with Gasteiger partial charge in [0.2, 0.25) is 5.91 Å². The Bertz CT molecular complexity index is 1300. The molecule has 0 atom stereocenters. The van der Waals surface area contributed by atoms with Gasteiger partial charge < -0.3 is 14.8 Å². The molecule has 4 rings (SSSR count). The van der Waals surface area contributed by atoms with Crippen LogP contribution in [0, 0.1) is 11.3 Å². The maximum Gasteiger partial charge on any atom is 0.416 e. The minimum absolute atomic E-state index is 0.00470. The molecule has 1 fully saturated rings. The summed E-state index contributed by atoms with van der Waals surface area (Å²) in [4.78, 5) is 19.2. The smallest absolute Gasteiger partial charge is 0.370 e. The Morgan fingerprint density at radius 1 is 1.14 bits per heavy atom. The van der Waals surface area contributed by atoms with Crippen molar-refractivity contribution in [3.8, 4) is 0 Å². The molecule has 1 amide bonds. The molecule has 0 radical (unpaired) electrons. The summed E-state index contributed by atoms with van der Waals surface area (Å²) < 4.78 is 43.5. The van der Waals surface area contributed by atoms with E-state index in [1.807, 2.05) is 17.7 Å². The maximum absolute atomic E-state index is 13.9. The van der Waals surface area contributed by atoms with Gasteiger partial charge in [-0.25, -0.2) is 4.98 Å². The summed E-state index contributed by atoms with van der Waals surface area (Å²) in [5, 5.41) is 3.40. The Morgan fingerprint density at radius 2 is 1.81 bits per heavy atom. The van der Waals surface area contributed by atoms with Gasteiger partial charge in [0.25, 0.3) is 0 Å². The molecule has 0 unspecified atom stereocenters. The zero-order valence-electron chi connectivity index (χ0n) is 22.0. The van der Waals surface area contributed by atoms with Crippen molar-refractivity contribution in [1.82, 2.24) is 14.9 Å². The van der Waals surface area contributed by atoms with E-state index in [9.17, 15) is 18.0 Å². The Hall–Kier alpha value is -2.74. The molecule has 2 aromatic carbocycles. The molecule has 0 aliphatic carbocycles. The molecule has 5 nitrogen and oxygen atoms in total. The van der Waals surface area contributed by atoms with Crippen LogP contribution in [0.2, 0.25) is 5.02 Å². The molecular weight excluding hydrogens is 501 g/mol. The van der Waals surface area contributed by atoms with Crippen LogP contribution in [0.25, 0.3) is 11.0 Å². The molecule has 1 saturated heterocycles. The number of amides is 1. The average molecular weight is 535 g/mol. The van der Waals surface area contributed by atoms with Gasteiger partial charge in [0, 0.05) is 38.5 Å². The molecule has 2 heterocycles. The van der Waals surface area contributed by atoms with E-state index < -0.39 is 17.2 Å². The highest BCUT2D eigenvalue weighted by Crippen LogP contribution is 2.36. The van der Waals surface area contributed by atoms with Gasteiger partial charge in [-0.2, -0.15) is 13.2 Å². The van der Waals surface area contributed by atoms with Crippen LogP contribution in [-0.4, -0.2) is 28.5 Å². The summed E-state index contributed by atoms with van der Waals surface area (Å²) in [7, 11) is 1.82. The fourth-order valence-electron chi connectivity index (χ4n) is 4.70. The standard InChI is InChI=1S/C28H34ClF3N4O/c1-17-8-10-36(11-9-17)23-15-24-22(14-21(23)29)34-25(35(24)5)13-19-12-18(6-7-20(19)28(30,31)32)16-33-26(37)27(2,3)4/h6-7,12,14-15,17H,8-11,13,16H2,1-5H3,(H,33,37). The number of aromatic nitrogens is 2. The number of nitrogens with zero attached hydrogens (tertiary/aromatic N) is 3. The van der Waals surface area contributed by atoms with Crippen molar-refractivity contribution in [2.75, 3.05) is 18.0 Å². The third kappa shape index (κ3) is 6.06. The normalized spacial score (nSPS) is 15.4. The number of carbonyl (C=O) groups excluding carboxylic acids is 1. The van der Waals surface area contributed by atoms with E-state index in [-0.39, 0.29) is 24.4 Å². The van der Waals surface area contributed by atoms with Crippen LogP contribution < -0.4 is 10.2 Å². The first-order chi connectivity index (χ1) is 17.2. The lowest BCUT2D eigenvalue weighted by molar-refractivity contribution is -0.138. The van der Waals surface area contributed by atoms with Gasteiger partial charge in [0.1, 0.15) is 5.82 Å². The molecular formula is C28H34ClF3N4O. The molecule has 1 N–H and O–H groups in total. The van der Waals surface area contributed by atoms with Crippen molar-refractivity contribution in [2.24, 2.45) is 18.4 Å². The van der Waals surface area contributed by atoms with Crippen LogP contribution in [0.1, 0.15) is 63.1 Å². The number of piperidine rings is 1. The highest BCUT2D eigenvalue weighted by atomic mass is 35.5. The van der Waals surface area contributed by atoms with E-state index in [4.69, 9.17) is 11.6 Å². The van der Waals surface area contributed by atoms with Crippen LogP contribution in [0.15, 0.2) is 30.3 Å². The van der Waals surface area contributed by atoms with E-state index in [0.29, 0.717) is 27.8 Å². The predicted octanol–water partition coefficient (Wildman–Crippen LogP) is 6.73. The predicted molar refractivity (Wildman–Crippen MR) is 142 cm³/mol. The van der Waals surface area contributed by atoms with Crippen molar-refractivity contribution in [3.63, 3.8) is 0 Å². The number of hydrogen-bond acceptors (Lipinski definition) is 3. The Labute approximate surface area is 221 Å². The number of benzene rings is 2. The summed E-state index contributed by atoms with van der Waals surface area (Å²) >= 11 is 6.62. The average Bonchev–Trinajstić information content (AvgIpc) is 3.10. The van der Waals surface area contributed by atoms with Gasteiger partial charge in [0.15, 0.2) is 0 Å². The quantitative estimate of drug-likeness (QED) is 0.394. The van der Waals surface area contributed by atoms with E-state index in [0.717, 1.165) is 43.2 Å². The topological polar surface area (TPSA) is 50.2 Å². The lowest BCUT2D eigenvalue weighted by Crippen LogP contribution is -2.34. The highest BCUT2D eigenvalue weighted by Gasteiger charge is 2.34. The fourth-order valence-corrected chi connectivity index (χ4v) is 4.98. The van der Waals surface area contributed by atoms with Gasteiger partial charge in [0.05, 0.1) is 27.3 Å². The monoisotopic (exact) mass is 534 g/mol. The molecule has 0 spiro atoms. The van der Waals surface area contributed by atoms with Crippen LogP contribution in [-0.2, 0) is 31.0 Å². The first-order valence-corrected chi connectivity index (χ1v) is 13.0. The zero-order valence-corrected chi connectivity index (χ0v) is 22.7. The molecule has 1 aromatic heterocycles. The third-order valence-corrected chi connectivity index (χ3v) is 7.43. The molecule has 3 aromatic rings. The van der Waals surface area contributed by atoms with E-state index >= 15 is 0 Å². The number of halogens is 4. The van der Waals surface area contributed by atoms with Crippen LogP contribution in [0.5, 0.6) is 0 Å². The Kier molecular flexibility index (Phi) is 7.52. The minimum Gasteiger partial charge on any atom is -0.370 e. The van der Waals surface area contributed by atoms with Crippen LogP contribution in [0.3, 0.4) is 0 Å². The third-order valence-electron chi connectivity index (χ3n) is 7.12. The zero-order chi connectivity index (χ0) is 27.1. The number of anilines is 1. The van der Waals surface area contributed by atoms with Crippen LogP contribution >= 0.6 is 11.6 Å². The van der Waals surface area contributed by atoms with Crippen molar-refractivity contribution >= 4 is 34.2 Å². The second-order valence-electron chi connectivity index (χ2n) is 11.1. The second-order valence-corrected chi connectivity index (χ2v) is 11.6. The lowest BCUT2D eigenvalue weighted by atomic mass is 9.95. The molecule has 9 heteroatoms. The fraction of sp³-hybridized carbons (Fsp3) is 0.500.